The third kappa shape index (κ3) is 3.56. The monoisotopic (exact) mass is 295 g/mol. The third-order valence-electron chi connectivity index (χ3n) is 3.53. The van der Waals surface area contributed by atoms with Crippen molar-refractivity contribution in [2.75, 3.05) is 25.0 Å². The highest BCUT2D eigenvalue weighted by molar-refractivity contribution is 9.09. The molecule has 0 N–H and O–H groups in total. The van der Waals surface area contributed by atoms with Crippen molar-refractivity contribution in [2.24, 2.45) is 5.41 Å². The lowest BCUT2D eigenvalue weighted by Gasteiger charge is -2.30. The summed E-state index contributed by atoms with van der Waals surface area (Å²) in [5.74, 6) is 0. The smallest absolute Gasteiger partial charge is 0.00949 e. The third-order valence-corrected chi connectivity index (χ3v) is 5.04. The van der Waals surface area contributed by atoms with Crippen LogP contribution in [0.4, 0.5) is 0 Å². The second-order valence-electron chi connectivity index (χ2n) is 5.84. The zero-order chi connectivity index (χ0) is 12.3. The molecule has 0 bridgehead atoms. The van der Waals surface area contributed by atoms with Crippen LogP contribution in [0.2, 0.25) is 0 Å². The first-order chi connectivity index (χ1) is 8.11. The molecule has 2 heteroatoms. The van der Waals surface area contributed by atoms with Gasteiger partial charge in [-0.15, -0.1) is 0 Å². The summed E-state index contributed by atoms with van der Waals surface area (Å²) < 4.78 is 0. The summed E-state index contributed by atoms with van der Waals surface area (Å²) in [5, 5.41) is 1.07. The number of nitrogens with zero attached hydrogens (tertiary/aromatic N) is 1. The summed E-state index contributed by atoms with van der Waals surface area (Å²) >= 11 is 3.62. The molecule has 0 atom stereocenters. The van der Waals surface area contributed by atoms with Gasteiger partial charge >= 0.3 is 0 Å². The van der Waals surface area contributed by atoms with Crippen molar-refractivity contribution in [1.82, 2.24) is 4.90 Å². The molecule has 1 heterocycles. The number of rotatable bonds is 3. The van der Waals surface area contributed by atoms with Crippen LogP contribution < -0.4 is 0 Å². The van der Waals surface area contributed by atoms with Crippen LogP contribution >= 0.6 is 15.9 Å². The topological polar surface area (TPSA) is 3.24 Å². The van der Waals surface area contributed by atoms with Crippen LogP contribution in [0.5, 0.6) is 0 Å². The van der Waals surface area contributed by atoms with Gasteiger partial charge in [-0.1, -0.05) is 54.0 Å². The molecule has 0 aliphatic carbocycles. The molecule has 2 rings (SSSR count). The molecule has 1 aromatic rings. The van der Waals surface area contributed by atoms with E-state index in [4.69, 9.17) is 0 Å². The summed E-state index contributed by atoms with van der Waals surface area (Å²) in [6.07, 6.45) is 2.41. The van der Waals surface area contributed by atoms with E-state index in [0.717, 1.165) is 5.33 Å². The Bertz CT molecular complexity index is 346. The van der Waals surface area contributed by atoms with Gasteiger partial charge in [-0.2, -0.15) is 0 Å². The standard InChI is InChI=1S/C15H22BrN/c1-15(2,11-16)12-17-9-7-13-5-3-4-6-14(13)8-10-17/h3-6H,7-12H2,1-2H3. The molecular formula is C15H22BrN. The first kappa shape index (κ1) is 13.1. The average molecular weight is 296 g/mol. The van der Waals surface area contributed by atoms with Gasteiger partial charge in [0.05, 0.1) is 0 Å². The summed E-state index contributed by atoms with van der Waals surface area (Å²) in [5.41, 5.74) is 3.47. The minimum atomic E-state index is 0.372. The Morgan fingerprint density at radius 1 is 1.12 bits per heavy atom. The normalized spacial score (nSPS) is 17.6. The van der Waals surface area contributed by atoms with Gasteiger partial charge < -0.3 is 4.90 Å². The molecule has 17 heavy (non-hydrogen) atoms. The van der Waals surface area contributed by atoms with E-state index in [1.807, 2.05) is 0 Å². The molecule has 0 spiro atoms. The number of fused-ring (bicyclic) bond motifs is 1. The maximum Gasteiger partial charge on any atom is 0.00949 e. The molecule has 1 aromatic carbocycles. The van der Waals surface area contributed by atoms with Crippen LogP contribution in [0.1, 0.15) is 25.0 Å². The summed E-state index contributed by atoms with van der Waals surface area (Å²) in [6.45, 7) is 8.26. The van der Waals surface area contributed by atoms with Crippen molar-refractivity contribution >= 4 is 15.9 Å². The summed E-state index contributed by atoms with van der Waals surface area (Å²) in [7, 11) is 0. The lowest BCUT2D eigenvalue weighted by Crippen LogP contribution is -2.36. The summed E-state index contributed by atoms with van der Waals surface area (Å²) in [4.78, 5) is 2.61. The summed E-state index contributed by atoms with van der Waals surface area (Å²) in [6, 6.07) is 8.90. The van der Waals surface area contributed by atoms with Gasteiger partial charge in [-0.25, -0.2) is 0 Å². The van der Waals surface area contributed by atoms with Crippen LogP contribution in [-0.2, 0) is 12.8 Å². The highest BCUT2D eigenvalue weighted by atomic mass is 79.9. The lowest BCUT2D eigenvalue weighted by atomic mass is 9.96. The molecule has 94 valence electrons. The number of halogens is 1. The van der Waals surface area contributed by atoms with Crippen molar-refractivity contribution in [3.8, 4) is 0 Å². The number of benzene rings is 1. The van der Waals surface area contributed by atoms with Crippen molar-refractivity contribution in [2.45, 2.75) is 26.7 Å². The molecule has 1 aliphatic rings. The maximum absolute atomic E-state index is 3.62. The zero-order valence-corrected chi connectivity index (χ0v) is 12.5. The lowest BCUT2D eigenvalue weighted by molar-refractivity contribution is 0.203. The van der Waals surface area contributed by atoms with E-state index in [9.17, 15) is 0 Å². The van der Waals surface area contributed by atoms with Crippen molar-refractivity contribution in [1.29, 1.82) is 0 Å². The van der Waals surface area contributed by atoms with E-state index in [1.165, 1.54) is 32.5 Å². The predicted octanol–water partition coefficient (Wildman–Crippen LogP) is 3.51. The van der Waals surface area contributed by atoms with Gasteiger partial charge in [-0.3, -0.25) is 0 Å². The molecule has 0 fully saturated rings. The molecule has 0 radical (unpaired) electrons. The van der Waals surface area contributed by atoms with E-state index < -0.39 is 0 Å². The Hall–Kier alpha value is -0.340. The largest absolute Gasteiger partial charge is 0.302 e. The molecule has 1 nitrogen and oxygen atoms in total. The Balaban J connectivity index is 2.00. The van der Waals surface area contributed by atoms with E-state index >= 15 is 0 Å². The van der Waals surface area contributed by atoms with Gasteiger partial charge in [0.25, 0.3) is 0 Å². The molecular weight excluding hydrogens is 274 g/mol. The maximum atomic E-state index is 3.62. The van der Waals surface area contributed by atoms with E-state index in [-0.39, 0.29) is 0 Å². The van der Waals surface area contributed by atoms with Gasteiger partial charge in [0.15, 0.2) is 0 Å². The minimum absolute atomic E-state index is 0.372. The average Bonchev–Trinajstić information content (AvgIpc) is 2.52. The molecule has 0 amide bonds. The van der Waals surface area contributed by atoms with Gasteiger partial charge in [0.1, 0.15) is 0 Å². The van der Waals surface area contributed by atoms with E-state index in [2.05, 4.69) is 58.9 Å². The van der Waals surface area contributed by atoms with Crippen LogP contribution in [-0.4, -0.2) is 29.9 Å². The first-order valence-electron chi connectivity index (χ1n) is 6.46. The van der Waals surface area contributed by atoms with Crippen LogP contribution in [0, 0.1) is 5.41 Å². The number of alkyl halides is 1. The molecule has 0 saturated carbocycles. The highest BCUT2D eigenvalue weighted by Crippen LogP contribution is 2.22. The van der Waals surface area contributed by atoms with E-state index in [0.29, 0.717) is 5.41 Å². The van der Waals surface area contributed by atoms with Crippen molar-refractivity contribution < 1.29 is 0 Å². The van der Waals surface area contributed by atoms with Crippen LogP contribution in [0.15, 0.2) is 24.3 Å². The Morgan fingerprint density at radius 3 is 2.12 bits per heavy atom. The number of hydrogen-bond donors (Lipinski definition) is 0. The van der Waals surface area contributed by atoms with E-state index in [1.54, 1.807) is 11.1 Å². The predicted molar refractivity (Wildman–Crippen MR) is 77.9 cm³/mol. The van der Waals surface area contributed by atoms with Crippen molar-refractivity contribution in [3.63, 3.8) is 0 Å². The SMILES string of the molecule is CC(C)(CBr)CN1CCc2ccccc2CC1. The van der Waals surface area contributed by atoms with Gasteiger partial charge in [-0.05, 0) is 29.4 Å². The van der Waals surface area contributed by atoms with Crippen LogP contribution in [0.25, 0.3) is 0 Å². The molecule has 0 saturated heterocycles. The quantitative estimate of drug-likeness (QED) is 0.772. The van der Waals surface area contributed by atoms with Crippen molar-refractivity contribution in [3.05, 3.63) is 35.4 Å². The van der Waals surface area contributed by atoms with Crippen LogP contribution in [0.3, 0.4) is 0 Å². The fraction of sp³-hybridized carbons (Fsp3) is 0.600. The Morgan fingerprint density at radius 2 is 1.65 bits per heavy atom. The fourth-order valence-electron chi connectivity index (χ4n) is 2.52. The Labute approximate surface area is 113 Å². The minimum Gasteiger partial charge on any atom is -0.302 e. The van der Waals surface area contributed by atoms with Gasteiger partial charge in [0, 0.05) is 25.0 Å². The van der Waals surface area contributed by atoms with Gasteiger partial charge in [0.2, 0.25) is 0 Å². The zero-order valence-electron chi connectivity index (χ0n) is 10.9. The molecule has 0 unspecified atom stereocenters. The first-order valence-corrected chi connectivity index (χ1v) is 7.58. The Kier molecular flexibility index (Phi) is 4.26. The second kappa shape index (κ2) is 5.53. The second-order valence-corrected chi connectivity index (χ2v) is 6.40. The number of hydrogen-bond acceptors (Lipinski definition) is 1. The molecule has 1 aliphatic heterocycles. The highest BCUT2D eigenvalue weighted by Gasteiger charge is 2.22. The molecule has 0 aromatic heterocycles. The fourth-order valence-corrected chi connectivity index (χ4v) is 2.70.